The fourth-order valence-electron chi connectivity index (χ4n) is 3.42. The highest BCUT2D eigenvalue weighted by Gasteiger charge is 2.36. The number of hydrogen-bond donors (Lipinski definition) is 0. The van der Waals surface area contributed by atoms with Crippen molar-refractivity contribution < 1.29 is 31.5 Å². The highest BCUT2D eigenvalue weighted by Crippen LogP contribution is 2.32. The van der Waals surface area contributed by atoms with Gasteiger partial charge in [-0.2, -0.15) is 18.3 Å². The number of halogens is 5. The Hall–Kier alpha value is -2.49. The maximum absolute atomic E-state index is 14.1. The molecular formula is C18H18F5N3O2. The van der Waals surface area contributed by atoms with Crippen molar-refractivity contribution in [3.05, 3.63) is 52.3 Å². The van der Waals surface area contributed by atoms with Crippen LogP contribution in [0.5, 0.6) is 0 Å². The second-order valence-electron chi connectivity index (χ2n) is 6.57. The molecule has 152 valence electrons. The average molecular weight is 403 g/mol. The predicted octanol–water partition coefficient (Wildman–Crippen LogP) is 3.55. The average Bonchev–Trinajstić information content (AvgIpc) is 2.86. The molecule has 3 rings (SSSR count). The molecule has 1 fully saturated rings. The quantitative estimate of drug-likeness (QED) is 0.737. The summed E-state index contributed by atoms with van der Waals surface area (Å²) in [5.41, 5.74) is 0.698. The molecule has 2 heterocycles. The van der Waals surface area contributed by atoms with Gasteiger partial charge in [0, 0.05) is 23.9 Å². The first-order valence-electron chi connectivity index (χ1n) is 8.53. The smallest absolute Gasteiger partial charge is 0.377 e. The van der Waals surface area contributed by atoms with Crippen LogP contribution in [-0.2, 0) is 11.3 Å². The molecule has 1 aromatic heterocycles. The Morgan fingerprint density at radius 2 is 2.00 bits per heavy atom. The molecule has 0 radical (unpaired) electrons. The highest BCUT2D eigenvalue weighted by molar-refractivity contribution is 5.94. The molecule has 1 saturated heterocycles. The van der Waals surface area contributed by atoms with Crippen molar-refractivity contribution in [2.75, 3.05) is 19.8 Å². The Bertz CT molecular complexity index is 894. The molecule has 0 N–H and O–H groups in total. The van der Waals surface area contributed by atoms with Crippen LogP contribution in [-0.4, -0.2) is 46.5 Å². The lowest BCUT2D eigenvalue weighted by molar-refractivity contribution is -0.143. The first-order valence-corrected chi connectivity index (χ1v) is 8.53. The molecule has 1 amide bonds. The number of carbonyl (C=O) groups excluding carboxylic acids is 1. The van der Waals surface area contributed by atoms with Crippen molar-refractivity contribution in [2.24, 2.45) is 0 Å². The fraction of sp³-hybridized carbons (Fsp3) is 0.444. The van der Waals surface area contributed by atoms with Gasteiger partial charge in [-0.05, 0) is 26.0 Å². The molecule has 1 aromatic carbocycles. The van der Waals surface area contributed by atoms with Gasteiger partial charge in [-0.3, -0.25) is 9.48 Å². The standard InChI is InChI=1S/C18H18F5N3O2/c1-10-16(11(2)26(24-10)9-18(21,22)23)15-8-28-6-5-25(15)17(27)13-4-3-12(19)7-14(13)20/h3-4,7,15H,5-6,8-9H2,1-2H3/t15-/m1/s1. The minimum atomic E-state index is -4.45. The zero-order valence-corrected chi connectivity index (χ0v) is 15.2. The van der Waals surface area contributed by atoms with Crippen LogP contribution in [0.3, 0.4) is 0 Å². The number of ether oxygens (including phenoxy) is 1. The Balaban J connectivity index is 1.97. The summed E-state index contributed by atoms with van der Waals surface area (Å²) in [6.45, 7) is 2.12. The van der Waals surface area contributed by atoms with Crippen LogP contribution >= 0.6 is 0 Å². The molecule has 1 aliphatic heterocycles. The number of carbonyl (C=O) groups is 1. The van der Waals surface area contributed by atoms with Crippen LogP contribution in [0.1, 0.15) is 33.4 Å². The van der Waals surface area contributed by atoms with Gasteiger partial charge in [0.1, 0.15) is 18.2 Å². The van der Waals surface area contributed by atoms with Gasteiger partial charge in [-0.1, -0.05) is 0 Å². The van der Waals surface area contributed by atoms with Crippen molar-refractivity contribution in [3.8, 4) is 0 Å². The van der Waals surface area contributed by atoms with Gasteiger partial charge in [0.2, 0.25) is 0 Å². The molecular weight excluding hydrogens is 385 g/mol. The van der Waals surface area contributed by atoms with Crippen molar-refractivity contribution >= 4 is 5.91 Å². The maximum atomic E-state index is 14.1. The molecule has 1 aliphatic rings. The molecule has 0 aliphatic carbocycles. The van der Waals surface area contributed by atoms with Crippen LogP contribution in [0.25, 0.3) is 0 Å². The molecule has 0 unspecified atom stereocenters. The highest BCUT2D eigenvalue weighted by atomic mass is 19.4. The van der Waals surface area contributed by atoms with E-state index < -0.39 is 36.3 Å². The van der Waals surface area contributed by atoms with Crippen LogP contribution < -0.4 is 0 Å². The van der Waals surface area contributed by atoms with Gasteiger partial charge in [0.15, 0.2) is 0 Å². The molecule has 0 spiro atoms. The normalized spacial score (nSPS) is 17.8. The summed E-state index contributed by atoms with van der Waals surface area (Å²) in [4.78, 5) is 14.2. The van der Waals surface area contributed by atoms with Crippen LogP contribution in [0.4, 0.5) is 22.0 Å². The lowest BCUT2D eigenvalue weighted by Gasteiger charge is -2.36. The van der Waals surface area contributed by atoms with E-state index in [0.717, 1.165) is 16.8 Å². The lowest BCUT2D eigenvalue weighted by atomic mass is 10.0. The van der Waals surface area contributed by atoms with Crippen LogP contribution in [0, 0.1) is 25.5 Å². The third-order valence-electron chi connectivity index (χ3n) is 4.65. The van der Waals surface area contributed by atoms with Gasteiger partial charge in [-0.25, -0.2) is 8.78 Å². The van der Waals surface area contributed by atoms with E-state index in [2.05, 4.69) is 5.10 Å². The van der Waals surface area contributed by atoms with E-state index in [-0.39, 0.29) is 31.0 Å². The molecule has 1 atom stereocenters. The van der Waals surface area contributed by atoms with E-state index in [1.54, 1.807) is 6.92 Å². The first kappa shape index (κ1) is 20.2. The van der Waals surface area contributed by atoms with Crippen LogP contribution in [0.15, 0.2) is 18.2 Å². The first-order chi connectivity index (χ1) is 13.1. The second kappa shape index (κ2) is 7.50. The molecule has 5 nitrogen and oxygen atoms in total. The number of morpholine rings is 1. The van der Waals surface area contributed by atoms with Gasteiger partial charge < -0.3 is 9.64 Å². The number of alkyl halides is 3. The number of rotatable bonds is 3. The van der Waals surface area contributed by atoms with E-state index >= 15 is 0 Å². The zero-order chi connectivity index (χ0) is 20.6. The van der Waals surface area contributed by atoms with Crippen molar-refractivity contribution in [1.82, 2.24) is 14.7 Å². The maximum Gasteiger partial charge on any atom is 0.408 e. The zero-order valence-electron chi connectivity index (χ0n) is 15.2. The Morgan fingerprint density at radius 1 is 1.29 bits per heavy atom. The molecule has 0 saturated carbocycles. The van der Waals surface area contributed by atoms with Gasteiger partial charge in [0.25, 0.3) is 5.91 Å². The summed E-state index contributed by atoms with van der Waals surface area (Å²) < 4.78 is 71.8. The minimum Gasteiger partial charge on any atom is -0.377 e. The Morgan fingerprint density at radius 3 is 2.64 bits per heavy atom. The van der Waals surface area contributed by atoms with E-state index in [9.17, 15) is 26.7 Å². The summed E-state index contributed by atoms with van der Waals surface area (Å²) in [5, 5.41) is 3.95. The number of amides is 1. The number of aromatic nitrogens is 2. The number of benzene rings is 1. The largest absolute Gasteiger partial charge is 0.408 e. The second-order valence-corrected chi connectivity index (χ2v) is 6.57. The topological polar surface area (TPSA) is 47.4 Å². The molecule has 28 heavy (non-hydrogen) atoms. The van der Waals surface area contributed by atoms with Gasteiger partial charge in [0.05, 0.1) is 30.5 Å². The SMILES string of the molecule is Cc1nn(CC(F)(F)F)c(C)c1[C@H]1COCCN1C(=O)c1ccc(F)cc1F. The summed E-state index contributed by atoms with van der Waals surface area (Å²) in [6.07, 6.45) is -4.45. The summed E-state index contributed by atoms with van der Waals surface area (Å²) in [7, 11) is 0. The monoisotopic (exact) mass is 403 g/mol. The summed E-state index contributed by atoms with van der Waals surface area (Å²) in [6, 6.07) is 1.91. The van der Waals surface area contributed by atoms with Crippen molar-refractivity contribution in [2.45, 2.75) is 32.6 Å². The van der Waals surface area contributed by atoms with Crippen LogP contribution in [0.2, 0.25) is 0 Å². The van der Waals surface area contributed by atoms with Crippen molar-refractivity contribution in [1.29, 1.82) is 0 Å². The lowest BCUT2D eigenvalue weighted by Crippen LogP contribution is -2.44. The third kappa shape index (κ3) is 4.01. The minimum absolute atomic E-state index is 0.0357. The predicted molar refractivity (Wildman–Crippen MR) is 88.7 cm³/mol. The van der Waals surface area contributed by atoms with E-state index in [0.29, 0.717) is 17.3 Å². The Labute approximate surface area is 157 Å². The van der Waals surface area contributed by atoms with Gasteiger partial charge >= 0.3 is 6.18 Å². The number of aryl methyl sites for hydroxylation is 1. The molecule has 2 aromatic rings. The van der Waals surface area contributed by atoms with Crippen molar-refractivity contribution in [3.63, 3.8) is 0 Å². The third-order valence-corrected chi connectivity index (χ3v) is 4.65. The molecule has 0 bridgehead atoms. The number of hydrogen-bond acceptors (Lipinski definition) is 3. The van der Waals surface area contributed by atoms with E-state index in [1.807, 2.05) is 0 Å². The Kier molecular flexibility index (Phi) is 5.42. The van der Waals surface area contributed by atoms with E-state index in [4.69, 9.17) is 4.74 Å². The van der Waals surface area contributed by atoms with E-state index in [1.165, 1.54) is 11.8 Å². The van der Waals surface area contributed by atoms with Gasteiger partial charge in [-0.15, -0.1) is 0 Å². The summed E-state index contributed by atoms with van der Waals surface area (Å²) in [5.74, 6) is -2.50. The molecule has 10 heteroatoms. The number of nitrogens with zero attached hydrogens (tertiary/aromatic N) is 3. The fourth-order valence-corrected chi connectivity index (χ4v) is 3.42. The summed E-state index contributed by atoms with van der Waals surface area (Å²) >= 11 is 0.